The molecular weight excluding hydrogens is 560 g/mol. The first-order valence-electron chi connectivity index (χ1n) is 18.1. The number of carboxylic acids is 2. The van der Waals surface area contributed by atoms with Crippen LogP contribution in [0, 0.1) is 0 Å². The molecule has 0 saturated carbocycles. The van der Waals surface area contributed by atoms with Gasteiger partial charge >= 0.3 is 23.9 Å². The van der Waals surface area contributed by atoms with Gasteiger partial charge in [-0.3, -0.25) is 19.2 Å². The summed E-state index contributed by atoms with van der Waals surface area (Å²) in [6, 6.07) is 0. The number of carboxylic acid groups (broad SMARTS) is 2. The molecule has 8 heteroatoms. The van der Waals surface area contributed by atoms with Crippen molar-refractivity contribution in [3.8, 4) is 0 Å². The van der Waals surface area contributed by atoms with Crippen LogP contribution in [0.1, 0.15) is 194 Å². The smallest absolute Gasteiger partial charge is 0.305 e. The van der Waals surface area contributed by atoms with Crippen molar-refractivity contribution < 1.29 is 38.9 Å². The Bertz CT molecular complexity index is 609. The molecule has 0 saturated heterocycles. The average Bonchev–Trinajstić information content (AvgIpc) is 2.99. The minimum Gasteiger partial charge on any atom is -0.481 e. The molecule has 0 aliphatic carbocycles. The third-order valence-corrected chi connectivity index (χ3v) is 7.56. The van der Waals surface area contributed by atoms with Crippen molar-refractivity contribution in [3.63, 3.8) is 0 Å². The topological polar surface area (TPSA) is 127 Å². The van der Waals surface area contributed by atoms with Crippen molar-refractivity contribution in [2.24, 2.45) is 0 Å². The SMILES string of the molecule is CCCCCCCCCCCCOC(=O)CCCCC(=O)OCCCCCCCCCCCC.O=C(O)CCCCC(=O)O. The van der Waals surface area contributed by atoms with Gasteiger partial charge in [0, 0.05) is 25.7 Å². The minimum atomic E-state index is -0.870. The summed E-state index contributed by atoms with van der Waals surface area (Å²) in [6.45, 7) is 5.58. The van der Waals surface area contributed by atoms with Crippen LogP contribution in [0.2, 0.25) is 0 Å². The molecule has 0 fully saturated rings. The predicted octanol–water partition coefficient (Wildman–Crippen LogP) is 10.2. The Labute approximate surface area is 269 Å². The summed E-state index contributed by atoms with van der Waals surface area (Å²) >= 11 is 0. The summed E-state index contributed by atoms with van der Waals surface area (Å²) in [4.78, 5) is 43.4. The lowest BCUT2D eigenvalue weighted by atomic mass is 10.1. The Balaban J connectivity index is 0. The van der Waals surface area contributed by atoms with E-state index in [1.54, 1.807) is 0 Å². The van der Waals surface area contributed by atoms with Gasteiger partial charge in [0.15, 0.2) is 0 Å². The quantitative estimate of drug-likeness (QED) is 0.0556. The highest BCUT2D eigenvalue weighted by atomic mass is 16.5. The van der Waals surface area contributed by atoms with Crippen molar-refractivity contribution in [1.82, 2.24) is 0 Å². The maximum atomic E-state index is 11.8. The molecular formula is C36H68O8. The first-order chi connectivity index (χ1) is 21.3. The maximum absolute atomic E-state index is 11.8. The fraction of sp³-hybridized carbons (Fsp3) is 0.889. The second-order valence-corrected chi connectivity index (χ2v) is 12.0. The first kappa shape index (κ1) is 44.0. The molecule has 260 valence electrons. The number of hydrogen-bond acceptors (Lipinski definition) is 6. The molecule has 0 bridgehead atoms. The van der Waals surface area contributed by atoms with Gasteiger partial charge in [-0.2, -0.15) is 0 Å². The fourth-order valence-electron chi connectivity index (χ4n) is 4.79. The van der Waals surface area contributed by atoms with Gasteiger partial charge in [0.2, 0.25) is 0 Å². The van der Waals surface area contributed by atoms with Crippen LogP contribution in [0.15, 0.2) is 0 Å². The largest absolute Gasteiger partial charge is 0.481 e. The third-order valence-electron chi connectivity index (χ3n) is 7.56. The van der Waals surface area contributed by atoms with Crippen LogP contribution in [-0.2, 0) is 28.7 Å². The van der Waals surface area contributed by atoms with E-state index >= 15 is 0 Å². The molecule has 0 aliphatic rings. The molecule has 8 nitrogen and oxygen atoms in total. The second-order valence-electron chi connectivity index (χ2n) is 12.0. The number of carbonyl (C=O) groups is 4. The summed E-state index contributed by atoms with van der Waals surface area (Å²) in [5.41, 5.74) is 0. The minimum absolute atomic E-state index is 0.0628. The zero-order valence-electron chi connectivity index (χ0n) is 28.6. The van der Waals surface area contributed by atoms with Crippen LogP contribution in [-0.4, -0.2) is 47.3 Å². The highest BCUT2D eigenvalue weighted by Crippen LogP contribution is 2.12. The van der Waals surface area contributed by atoms with Gasteiger partial charge < -0.3 is 19.7 Å². The van der Waals surface area contributed by atoms with Gasteiger partial charge in [0.05, 0.1) is 13.2 Å². The zero-order valence-corrected chi connectivity index (χ0v) is 28.6. The van der Waals surface area contributed by atoms with Crippen LogP contribution < -0.4 is 0 Å². The van der Waals surface area contributed by atoms with Gasteiger partial charge in [-0.05, 0) is 38.5 Å². The molecule has 0 unspecified atom stereocenters. The number of rotatable bonds is 32. The van der Waals surface area contributed by atoms with Gasteiger partial charge in [-0.1, -0.05) is 129 Å². The summed E-state index contributed by atoms with van der Waals surface area (Å²) in [5.74, 6) is -2.00. The summed E-state index contributed by atoms with van der Waals surface area (Å²) in [7, 11) is 0. The molecule has 0 aromatic heterocycles. The van der Waals surface area contributed by atoms with Crippen LogP contribution in [0.5, 0.6) is 0 Å². The standard InChI is InChI=1S/C30H58O4.C6H10O4/c1-3-5-7-9-11-13-15-17-19-23-27-33-29(31)25-21-22-26-30(32)34-28-24-20-18-16-14-12-10-8-6-4-2;7-5(8)3-1-2-4-6(9)10/h3-28H2,1-2H3;1-4H2,(H,7,8)(H,9,10). The summed E-state index contributed by atoms with van der Waals surface area (Å²) in [6.07, 6.45) is 28.8. The van der Waals surface area contributed by atoms with E-state index in [2.05, 4.69) is 13.8 Å². The fourth-order valence-corrected chi connectivity index (χ4v) is 4.79. The highest BCUT2D eigenvalue weighted by Gasteiger charge is 2.06. The van der Waals surface area contributed by atoms with E-state index in [0.717, 1.165) is 25.7 Å². The molecule has 0 amide bonds. The molecule has 0 aromatic rings. The third kappa shape index (κ3) is 42.0. The van der Waals surface area contributed by atoms with E-state index in [9.17, 15) is 19.2 Å². The lowest BCUT2D eigenvalue weighted by Crippen LogP contribution is -2.08. The van der Waals surface area contributed by atoms with Gasteiger partial charge in [0.25, 0.3) is 0 Å². The molecule has 0 aliphatic heterocycles. The summed E-state index contributed by atoms with van der Waals surface area (Å²) < 4.78 is 10.6. The van der Waals surface area contributed by atoms with Crippen LogP contribution in [0.25, 0.3) is 0 Å². The molecule has 0 spiro atoms. The first-order valence-corrected chi connectivity index (χ1v) is 18.1. The molecule has 2 N–H and O–H groups in total. The normalized spacial score (nSPS) is 10.6. The Hall–Kier alpha value is -2.12. The van der Waals surface area contributed by atoms with E-state index in [1.165, 1.54) is 103 Å². The lowest BCUT2D eigenvalue weighted by Gasteiger charge is -2.06. The van der Waals surface area contributed by atoms with E-state index in [1.807, 2.05) is 0 Å². The molecule has 0 atom stereocenters. The number of unbranched alkanes of at least 4 members (excludes halogenated alkanes) is 20. The average molecular weight is 629 g/mol. The Morgan fingerprint density at radius 2 is 0.614 bits per heavy atom. The van der Waals surface area contributed by atoms with Crippen molar-refractivity contribution >= 4 is 23.9 Å². The van der Waals surface area contributed by atoms with Crippen molar-refractivity contribution in [2.45, 2.75) is 194 Å². The highest BCUT2D eigenvalue weighted by molar-refractivity contribution is 5.70. The van der Waals surface area contributed by atoms with Crippen molar-refractivity contribution in [1.29, 1.82) is 0 Å². The van der Waals surface area contributed by atoms with Crippen LogP contribution >= 0.6 is 0 Å². The molecule has 0 aromatic carbocycles. The number of hydrogen-bond donors (Lipinski definition) is 2. The van der Waals surface area contributed by atoms with Gasteiger partial charge in [-0.15, -0.1) is 0 Å². The Kier molecular flexibility index (Phi) is 37.1. The lowest BCUT2D eigenvalue weighted by molar-refractivity contribution is -0.146. The Morgan fingerprint density at radius 3 is 0.886 bits per heavy atom. The van der Waals surface area contributed by atoms with E-state index < -0.39 is 11.9 Å². The van der Waals surface area contributed by atoms with E-state index in [0.29, 0.717) is 51.7 Å². The number of carbonyl (C=O) groups excluding carboxylic acids is 2. The molecule has 0 rings (SSSR count). The molecule has 0 radical (unpaired) electrons. The molecule has 0 heterocycles. The zero-order chi connectivity index (χ0) is 32.9. The maximum Gasteiger partial charge on any atom is 0.305 e. The number of aliphatic carboxylic acids is 2. The molecule has 44 heavy (non-hydrogen) atoms. The predicted molar refractivity (Wildman–Crippen MR) is 178 cm³/mol. The second kappa shape index (κ2) is 37.1. The van der Waals surface area contributed by atoms with Gasteiger partial charge in [-0.25, -0.2) is 0 Å². The van der Waals surface area contributed by atoms with Crippen LogP contribution in [0.3, 0.4) is 0 Å². The van der Waals surface area contributed by atoms with Crippen molar-refractivity contribution in [2.75, 3.05) is 13.2 Å². The van der Waals surface area contributed by atoms with Crippen molar-refractivity contribution in [3.05, 3.63) is 0 Å². The van der Waals surface area contributed by atoms with Gasteiger partial charge in [0.1, 0.15) is 0 Å². The van der Waals surface area contributed by atoms with Crippen LogP contribution in [0.4, 0.5) is 0 Å². The monoisotopic (exact) mass is 628 g/mol. The van der Waals surface area contributed by atoms with E-state index in [-0.39, 0.29) is 24.8 Å². The Morgan fingerprint density at radius 1 is 0.364 bits per heavy atom. The summed E-state index contributed by atoms with van der Waals surface area (Å²) in [5, 5.41) is 16.3. The number of esters is 2. The number of ether oxygens (including phenoxy) is 2. The van der Waals surface area contributed by atoms with E-state index in [4.69, 9.17) is 19.7 Å².